The number of halogens is 3. The van der Waals surface area contributed by atoms with Gasteiger partial charge in [0.2, 0.25) is 0 Å². The Labute approximate surface area is 114 Å². The molecule has 1 aromatic carbocycles. The topological polar surface area (TPSA) is 17.1 Å². The predicted octanol–water partition coefficient (Wildman–Crippen LogP) is 4.67. The number of carbonyl (C=O) groups excluding carboxylic acids is 1. The molecule has 1 aromatic rings. The third kappa shape index (κ3) is 4.86. The van der Waals surface area contributed by atoms with E-state index >= 15 is 0 Å². The summed E-state index contributed by atoms with van der Waals surface area (Å²) in [7, 11) is 0. The summed E-state index contributed by atoms with van der Waals surface area (Å²) in [6.45, 7) is 0. The Hall–Kier alpha value is -0.0500. The summed E-state index contributed by atoms with van der Waals surface area (Å²) >= 11 is 15.0. The third-order valence-electron chi connectivity index (χ3n) is 2.27. The lowest BCUT2D eigenvalue weighted by Crippen LogP contribution is -2.00. The normalized spacial score (nSPS) is 10.4. The Morgan fingerprint density at radius 2 is 1.94 bits per heavy atom. The maximum Gasteiger partial charge on any atom is 0.133 e. The van der Waals surface area contributed by atoms with Gasteiger partial charge in [0, 0.05) is 18.2 Å². The van der Waals surface area contributed by atoms with Crippen molar-refractivity contribution in [3.05, 3.63) is 33.8 Å². The minimum Gasteiger partial charge on any atom is -0.300 e. The molecule has 0 N–H and O–H groups in total. The lowest BCUT2D eigenvalue weighted by molar-refractivity contribution is -0.119. The monoisotopic (exact) mass is 322 g/mol. The molecule has 0 saturated carbocycles. The smallest absolute Gasteiger partial charge is 0.133 e. The van der Waals surface area contributed by atoms with E-state index in [-0.39, 0.29) is 0 Å². The van der Waals surface area contributed by atoms with Gasteiger partial charge in [-0.05, 0) is 30.5 Å². The van der Waals surface area contributed by atoms with E-state index in [4.69, 9.17) is 23.2 Å². The number of alkyl halides is 1. The number of ketones is 1. The van der Waals surface area contributed by atoms with Crippen molar-refractivity contribution >= 4 is 44.9 Å². The highest BCUT2D eigenvalue weighted by Gasteiger charge is 2.04. The molecule has 0 amide bonds. The highest BCUT2D eigenvalue weighted by Crippen LogP contribution is 2.23. The van der Waals surface area contributed by atoms with Gasteiger partial charge < -0.3 is 0 Å². The molecule has 4 heteroatoms. The second kappa shape index (κ2) is 7.31. The van der Waals surface area contributed by atoms with E-state index in [2.05, 4.69) is 15.9 Å². The predicted molar refractivity (Wildman–Crippen MR) is 72.8 cm³/mol. The molecule has 0 radical (unpaired) electrons. The molecule has 0 bridgehead atoms. The van der Waals surface area contributed by atoms with Crippen LogP contribution in [0.2, 0.25) is 10.0 Å². The molecule has 0 heterocycles. The third-order valence-corrected chi connectivity index (χ3v) is 3.57. The second-order valence-corrected chi connectivity index (χ2v) is 5.19. The van der Waals surface area contributed by atoms with Gasteiger partial charge in [-0.1, -0.05) is 45.2 Å². The quantitative estimate of drug-likeness (QED) is 0.695. The van der Waals surface area contributed by atoms with Crippen molar-refractivity contribution < 1.29 is 4.79 Å². The molecular weight excluding hydrogens is 311 g/mol. The number of benzene rings is 1. The van der Waals surface area contributed by atoms with Crippen molar-refractivity contribution in [3.8, 4) is 0 Å². The second-order valence-electron chi connectivity index (χ2n) is 3.58. The van der Waals surface area contributed by atoms with Crippen LogP contribution in [-0.4, -0.2) is 11.1 Å². The van der Waals surface area contributed by atoms with Crippen LogP contribution < -0.4 is 0 Å². The summed E-state index contributed by atoms with van der Waals surface area (Å²) in [5, 5.41) is 1.98. The Balaban J connectivity index is 2.42. The van der Waals surface area contributed by atoms with Gasteiger partial charge in [-0.25, -0.2) is 0 Å². The van der Waals surface area contributed by atoms with Gasteiger partial charge in [-0.15, -0.1) is 0 Å². The summed E-state index contributed by atoms with van der Waals surface area (Å²) in [6.07, 6.45) is 2.86. The zero-order valence-corrected chi connectivity index (χ0v) is 11.9. The number of aryl methyl sites for hydroxylation is 1. The lowest BCUT2D eigenvalue weighted by atomic mass is 10.1. The number of Topliss-reactive ketones (excluding diaryl/α,β-unsaturated/α-hetero) is 1. The zero-order valence-electron chi connectivity index (χ0n) is 8.81. The fourth-order valence-electron chi connectivity index (χ4n) is 1.37. The van der Waals surface area contributed by atoms with Crippen LogP contribution in [0, 0.1) is 0 Å². The molecule has 88 valence electrons. The van der Waals surface area contributed by atoms with E-state index in [1.165, 1.54) is 0 Å². The van der Waals surface area contributed by atoms with Gasteiger partial charge in [-0.2, -0.15) is 0 Å². The molecule has 1 nitrogen and oxygen atoms in total. The van der Waals surface area contributed by atoms with Gasteiger partial charge in [0.1, 0.15) is 5.78 Å². The highest BCUT2D eigenvalue weighted by molar-refractivity contribution is 9.09. The lowest BCUT2D eigenvalue weighted by Gasteiger charge is -2.02. The summed E-state index contributed by atoms with van der Waals surface area (Å²) in [5.74, 6) is 0.297. The number of hydrogen-bond acceptors (Lipinski definition) is 1. The van der Waals surface area contributed by atoms with Crippen molar-refractivity contribution in [2.24, 2.45) is 0 Å². The van der Waals surface area contributed by atoms with Crippen molar-refractivity contribution in [1.82, 2.24) is 0 Å². The largest absolute Gasteiger partial charge is 0.300 e. The molecule has 0 saturated heterocycles. The van der Waals surface area contributed by atoms with Crippen molar-refractivity contribution in [2.45, 2.75) is 25.7 Å². The van der Waals surface area contributed by atoms with E-state index in [0.717, 1.165) is 23.7 Å². The molecule has 0 aliphatic rings. The molecule has 0 atom stereocenters. The first-order chi connectivity index (χ1) is 7.63. The summed E-state index contributed by atoms with van der Waals surface area (Å²) in [5.41, 5.74) is 1.06. The minimum absolute atomic E-state index is 0.297. The molecule has 0 spiro atoms. The average molecular weight is 324 g/mol. The molecule has 1 rings (SSSR count). The number of hydrogen-bond donors (Lipinski definition) is 0. The van der Waals surface area contributed by atoms with Crippen LogP contribution in [0.25, 0.3) is 0 Å². The summed E-state index contributed by atoms with van der Waals surface area (Å²) in [6, 6.07) is 5.50. The van der Waals surface area contributed by atoms with Gasteiger partial charge in [-0.3, -0.25) is 4.79 Å². The van der Waals surface area contributed by atoms with E-state index in [1.54, 1.807) is 6.07 Å². The number of rotatable bonds is 6. The van der Waals surface area contributed by atoms with Crippen molar-refractivity contribution in [1.29, 1.82) is 0 Å². The maximum atomic E-state index is 11.4. The first kappa shape index (κ1) is 14.0. The Morgan fingerprint density at radius 1 is 1.19 bits per heavy atom. The number of carbonyl (C=O) groups is 1. The van der Waals surface area contributed by atoms with Gasteiger partial charge in [0.15, 0.2) is 0 Å². The van der Waals surface area contributed by atoms with Crippen LogP contribution in [-0.2, 0) is 11.2 Å². The first-order valence-electron chi connectivity index (χ1n) is 5.15. The fraction of sp³-hybridized carbons (Fsp3) is 0.417. The summed E-state index contributed by atoms with van der Waals surface area (Å²) in [4.78, 5) is 11.4. The standard InChI is InChI=1S/C12H13BrCl2O/c13-7-1-2-10(16)5-3-9-4-6-11(14)12(15)8-9/h4,6,8H,1-3,5,7H2. The van der Waals surface area contributed by atoms with E-state index < -0.39 is 0 Å². The van der Waals surface area contributed by atoms with Crippen LogP contribution in [0.4, 0.5) is 0 Å². The SMILES string of the molecule is O=C(CCCBr)CCc1ccc(Cl)c(Cl)c1. The zero-order chi connectivity index (χ0) is 12.0. The van der Waals surface area contributed by atoms with Gasteiger partial charge in [0.25, 0.3) is 0 Å². The van der Waals surface area contributed by atoms with Crippen molar-refractivity contribution in [2.75, 3.05) is 5.33 Å². The molecule has 16 heavy (non-hydrogen) atoms. The molecular formula is C12H13BrCl2O. The Morgan fingerprint density at radius 3 is 2.56 bits per heavy atom. The van der Waals surface area contributed by atoms with E-state index in [9.17, 15) is 4.79 Å². The minimum atomic E-state index is 0.297. The molecule has 0 fully saturated rings. The Kier molecular flexibility index (Phi) is 6.40. The van der Waals surface area contributed by atoms with E-state index in [0.29, 0.717) is 28.7 Å². The van der Waals surface area contributed by atoms with Crippen LogP contribution in [0.1, 0.15) is 24.8 Å². The summed E-state index contributed by atoms with van der Waals surface area (Å²) < 4.78 is 0. The molecule has 0 aliphatic carbocycles. The molecule has 0 aromatic heterocycles. The van der Waals surface area contributed by atoms with E-state index in [1.807, 2.05) is 12.1 Å². The first-order valence-corrected chi connectivity index (χ1v) is 7.03. The van der Waals surface area contributed by atoms with Gasteiger partial charge in [0.05, 0.1) is 10.0 Å². The highest BCUT2D eigenvalue weighted by atomic mass is 79.9. The fourth-order valence-corrected chi connectivity index (χ4v) is 1.97. The molecule has 0 aliphatic heterocycles. The van der Waals surface area contributed by atoms with Crippen molar-refractivity contribution in [3.63, 3.8) is 0 Å². The van der Waals surface area contributed by atoms with Crippen LogP contribution in [0.5, 0.6) is 0 Å². The molecule has 0 unspecified atom stereocenters. The van der Waals surface area contributed by atoms with Crippen LogP contribution >= 0.6 is 39.1 Å². The van der Waals surface area contributed by atoms with Crippen LogP contribution in [0.3, 0.4) is 0 Å². The van der Waals surface area contributed by atoms with Gasteiger partial charge >= 0.3 is 0 Å². The Bertz CT molecular complexity index is 366. The average Bonchev–Trinajstić information content (AvgIpc) is 2.28. The van der Waals surface area contributed by atoms with Crippen LogP contribution in [0.15, 0.2) is 18.2 Å². The maximum absolute atomic E-state index is 11.4.